The third-order valence-corrected chi connectivity index (χ3v) is 26.5. The molecule has 0 spiro atoms. The summed E-state index contributed by atoms with van der Waals surface area (Å²) >= 11 is 0. The van der Waals surface area contributed by atoms with Crippen LogP contribution in [0.15, 0.2) is 282 Å². The van der Waals surface area contributed by atoms with Crippen LogP contribution in [0.25, 0.3) is 98.1 Å². The summed E-state index contributed by atoms with van der Waals surface area (Å²) in [5.41, 5.74) is 26.8. The highest BCUT2D eigenvalue weighted by Crippen LogP contribution is 2.34. The van der Waals surface area contributed by atoms with E-state index in [9.17, 15) is 25.5 Å². The molecule has 0 aliphatic carbocycles. The molecule has 23 nitrogen and oxygen atoms in total. The Kier molecular flexibility index (Phi) is 47.4. The maximum absolute atomic E-state index is 9.88. The third-order valence-electron chi connectivity index (χ3n) is 26.5. The normalized spacial score (nSPS) is 11.3. The predicted octanol–water partition coefficient (Wildman–Crippen LogP) is 24.0. The summed E-state index contributed by atoms with van der Waals surface area (Å²) in [6.45, 7) is 45.6. The van der Waals surface area contributed by atoms with Gasteiger partial charge in [0.25, 0.3) is 0 Å². The zero-order valence-electron chi connectivity index (χ0n) is 88.8. The van der Waals surface area contributed by atoms with Crippen LogP contribution in [0.4, 0.5) is 0 Å². The van der Waals surface area contributed by atoms with Gasteiger partial charge in [-0.1, -0.05) is 149 Å². The number of phenolic OH excluding ortho intramolecular Hbond substituents is 5. The lowest BCUT2D eigenvalue weighted by Crippen LogP contribution is -2.38. The minimum absolute atomic E-state index is 0.321. The van der Waals surface area contributed by atoms with Crippen molar-refractivity contribution in [1.82, 2.24) is 84.5 Å². The molecule has 145 heavy (non-hydrogen) atoms. The van der Waals surface area contributed by atoms with Crippen LogP contribution >= 0.6 is 0 Å². The van der Waals surface area contributed by atoms with Crippen molar-refractivity contribution in [2.75, 3.05) is 147 Å². The minimum Gasteiger partial charge on any atom is -0.507 e. The van der Waals surface area contributed by atoms with Gasteiger partial charge in [-0.2, -0.15) is 0 Å². The average molecular weight is 1960 g/mol. The van der Waals surface area contributed by atoms with E-state index in [1.54, 1.807) is 30.3 Å². The van der Waals surface area contributed by atoms with Crippen molar-refractivity contribution in [2.45, 2.75) is 145 Å². The standard InChI is InChI=1S/2C16H24N2.C16H20N2.C14H20N2O.C14H18N2.C13H18N2O.C12H16N2O.C11H14N2O.C10H12N2O/c1-12(2)18(13(3)4)10-9-14-11-17-16-8-6-5-7-15(14)16;2*1-3-10-18(11-4-2)12-9-14-13-17-16-8-6-5-7-15(14)16;1-3-8-16(2)9-7-11-10-15-12-5-4-6-13(17)14(11)12;1-3-9-16(2)10-8-12-11-15-14-7-5-4-6-13(12)14;1-3-15(2)8-7-10-9-14-11-5-4-6-12(16)13(10)11;1-14(2)7-6-9-8-13-10-4-3-5-11(15)12(9)10;1-12-6-5-8-7-13-9-3-2-4-10(14)11(8)9;11-5-4-7-6-12-8-2-1-3-9(13)10(7)8/h5-8,11-13,17H,9-10H2,1-4H3;5-8,13,17H,3-4,9-12H2,1-2H3;3-8,13,17H,1-2,9-12H2;4-6,10,15,17H,3,7-9H2,1-2H3;3-7,11,15H,1,8-10H2,2H3;4-6,9,14,16H,3,7-8H2,1-2H3;3-5,8,13,15H,6-7H2,1-2H3;2-4,7,12-14H,5-6H2,1H3;1-3,6,12-13H,4-5,11H2. The van der Waals surface area contributed by atoms with E-state index < -0.39 is 0 Å². The number of nitrogens with two attached hydrogens (primary N) is 1. The van der Waals surface area contributed by atoms with E-state index in [1.165, 1.54) is 121 Å². The molecule has 0 fully saturated rings. The molecule has 0 saturated heterocycles. The SMILES string of the molecule is C=CCN(C)CCc1c[nH]c2ccccc12.C=CCN(CC=C)CCc1c[nH]c2ccccc12.CC(C)N(CCc1c[nH]c2ccccc12)C(C)C.CCCN(C)CCc1c[nH]c2cccc(O)c12.CCCN(CCC)CCc1c[nH]c2ccccc12.CCN(C)CCc1c[nH]c2cccc(O)c12.CN(C)CCc1c[nH]c2cccc(O)c12.CNCCc1c[nH]c2cccc(O)c12.NCCc1c[nH]c2cccc(O)c12. The molecule has 9 aromatic carbocycles. The minimum atomic E-state index is 0.321. The van der Waals surface area contributed by atoms with Gasteiger partial charge in [-0.3, -0.25) is 9.80 Å². The number of aromatic hydroxyl groups is 5. The zero-order valence-corrected chi connectivity index (χ0v) is 88.8. The number of aromatic amines is 9. The molecule has 17 N–H and O–H groups in total. The molecule has 0 aliphatic rings. The fraction of sp³-hybridized carbons (Fsp3) is 0.361. The van der Waals surface area contributed by atoms with Crippen LogP contribution in [0.5, 0.6) is 28.7 Å². The van der Waals surface area contributed by atoms with E-state index in [0.717, 1.165) is 202 Å². The maximum Gasteiger partial charge on any atom is 0.125 e. The van der Waals surface area contributed by atoms with Gasteiger partial charge in [-0.15, -0.1) is 19.7 Å². The Morgan fingerprint density at radius 1 is 0.290 bits per heavy atom. The largest absolute Gasteiger partial charge is 0.507 e. The van der Waals surface area contributed by atoms with Crippen LogP contribution in [0.3, 0.4) is 0 Å². The van der Waals surface area contributed by atoms with E-state index in [2.05, 4.69) is 317 Å². The molecular formula is C122H166N18O5. The highest BCUT2D eigenvalue weighted by molar-refractivity contribution is 5.93. The topological polar surface area (TPSA) is 304 Å². The number of benzene rings is 9. The van der Waals surface area contributed by atoms with Crippen molar-refractivity contribution in [1.29, 1.82) is 0 Å². The van der Waals surface area contributed by atoms with E-state index in [1.807, 2.05) is 117 Å². The number of fused-ring (bicyclic) bond motifs is 9. The molecule has 774 valence electrons. The number of aromatic nitrogens is 9. The number of hydrogen-bond acceptors (Lipinski definition) is 14. The molecular weight excluding hydrogens is 1800 g/mol. The van der Waals surface area contributed by atoms with Gasteiger partial charge in [0.2, 0.25) is 0 Å². The molecule has 18 aromatic rings. The smallest absolute Gasteiger partial charge is 0.125 e. The molecule has 0 unspecified atom stereocenters. The number of para-hydroxylation sites is 4. The van der Waals surface area contributed by atoms with Crippen molar-refractivity contribution in [3.8, 4) is 28.7 Å². The monoisotopic (exact) mass is 1960 g/mol. The second-order valence-electron chi connectivity index (χ2n) is 38.3. The van der Waals surface area contributed by atoms with E-state index in [-0.39, 0.29) is 0 Å². The van der Waals surface area contributed by atoms with Gasteiger partial charge < -0.3 is 106 Å². The number of hydrogen-bond donors (Lipinski definition) is 16. The van der Waals surface area contributed by atoms with Crippen LogP contribution < -0.4 is 11.1 Å². The average Bonchev–Trinajstić information content (AvgIpc) is 1.66. The lowest BCUT2D eigenvalue weighted by atomic mass is 10.1. The first-order valence-electron chi connectivity index (χ1n) is 52.1. The van der Waals surface area contributed by atoms with Crippen molar-refractivity contribution in [3.63, 3.8) is 0 Å². The van der Waals surface area contributed by atoms with Crippen LogP contribution in [0.1, 0.15) is 125 Å². The Hall–Kier alpha value is -13.3. The second kappa shape index (κ2) is 60.5. The zero-order chi connectivity index (χ0) is 104. The van der Waals surface area contributed by atoms with Crippen LogP contribution in [0.2, 0.25) is 0 Å². The summed E-state index contributed by atoms with van der Waals surface area (Å²) in [4.78, 5) is 45.6. The van der Waals surface area contributed by atoms with Crippen LogP contribution in [0, 0.1) is 0 Å². The van der Waals surface area contributed by atoms with Crippen molar-refractivity contribution >= 4 is 98.1 Å². The second-order valence-corrected chi connectivity index (χ2v) is 38.3. The van der Waals surface area contributed by atoms with Gasteiger partial charge in [-0.25, -0.2) is 0 Å². The summed E-state index contributed by atoms with van der Waals surface area (Å²) in [6, 6.07) is 62.9. The third kappa shape index (κ3) is 34.2. The quantitative estimate of drug-likeness (QED) is 0.0159. The molecule has 9 heterocycles. The molecule has 23 heteroatoms. The van der Waals surface area contributed by atoms with Crippen molar-refractivity contribution in [2.24, 2.45) is 5.73 Å². The molecule has 0 bridgehead atoms. The Labute approximate surface area is 860 Å². The lowest BCUT2D eigenvalue weighted by Gasteiger charge is -2.30. The maximum atomic E-state index is 9.88. The first kappa shape index (κ1) is 114. The Bertz CT molecular complexity index is 6780. The van der Waals surface area contributed by atoms with E-state index in [0.29, 0.717) is 47.4 Å². The molecule has 0 saturated carbocycles. The molecule has 9 aromatic heterocycles. The summed E-state index contributed by atoms with van der Waals surface area (Å²) in [6.07, 6.45) is 36.9. The predicted molar refractivity (Wildman–Crippen MR) is 617 cm³/mol. The van der Waals surface area contributed by atoms with Gasteiger partial charge in [0, 0.05) is 231 Å². The first-order valence-corrected chi connectivity index (χ1v) is 52.1. The number of nitrogens with zero attached hydrogens (tertiary/aromatic N) is 7. The number of nitrogens with one attached hydrogen (secondary N) is 10. The molecule has 0 amide bonds. The number of rotatable bonds is 41. The summed E-state index contributed by atoms with van der Waals surface area (Å²) in [5.74, 6) is 1.78. The number of phenols is 5. The fourth-order valence-electron chi connectivity index (χ4n) is 18.7. The highest BCUT2D eigenvalue weighted by Gasteiger charge is 2.18. The van der Waals surface area contributed by atoms with Crippen molar-refractivity contribution in [3.05, 3.63) is 332 Å². The number of H-pyrrole nitrogens is 9. The van der Waals surface area contributed by atoms with Gasteiger partial charge in [0.15, 0.2) is 0 Å². The van der Waals surface area contributed by atoms with Gasteiger partial charge in [0.05, 0.1) is 0 Å². The Morgan fingerprint density at radius 3 is 0.869 bits per heavy atom. The summed E-state index contributed by atoms with van der Waals surface area (Å²) in [7, 11) is 12.4. The molecule has 18 rings (SSSR count). The Balaban J connectivity index is 0.000000168. The van der Waals surface area contributed by atoms with E-state index >= 15 is 0 Å². The van der Waals surface area contributed by atoms with Gasteiger partial charge in [0.1, 0.15) is 28.7 Å². The lowest BCUT2D eigenvalue weighted by molar-refractivity contribution is 0.177. The first-order chi connectivity index (χ1) is 70.4. The van der Waals surface area contributed by atoms with Crippen LogP contribution in [-0.2, 0) is 57.8 Å². The summed E-state index contributed by atoms with van der Waals surface area (Å²) < 4.78 is 0. The summed E-state index contributed by atoms with van der Waals surface area (Å²) in [5, 5.41) is 62.0. The van der Waals surface area contributed by atoms with Crippen LogP contribution in [-0.4, -0.2) is 264 Å². The molecule has 0 radical (unpaired) electrons. The molecule has 0 aliphatic heterocycles. The van der Waals surface area contributed by atoms with Gasteiger partial charge >= 0.3 is 0 Å². The number of likely N-dealkylation sites (N-methyl/N-ethyl adjacent to an activating group) is 5. The fourth-order valence-corrected chi connectivity index (χ4v) is 18.7. The Morgan fingerprint density at radius 2 is 0.559 bits per heavy atom. The van der Waals surface area contributed by atoms with Crippen molar-refractivity contribution < 1.29 is 25.5 Å². The van der Waals surface area contributed by atoms with Gasteiger partial charge in [-0.05, 0) is 321 Å². The van der Waals surface area contributed by atoms with E-state index in [4.69, 9.17) is 5.73 Å². The highest BCUT2D eigenvalue weighted by atomic mass is 16.3. The molecule has 0 atom stereocenters.